The van der Waals surface area contributed by atoms with Gasteiger partial charge in [0, 0.05) is 6.20 Å². The zero-order valence-electron chi connectivity index (χ0n) is 8.02. The lowest BCUT2D eigenvalue weighted by atomic mass is 10.1. The largest absolute Gasteiger partial charge is 0.418 e. The van der Waals surface area contributed by atoms with Crippen molar-refractivity contribution in [1.82, 2.24) is 4.98 Å². The second kappa shape index (κ2) is 4.24. The molecular weight excluding hydrogens is 250 g/mol. The van der Waals surface area contributed by atoms with Gasteiger partial charge in [0.1, 0.15) is 0 Å². The van der Waals surface area contributed by atoms with Gasteiger partial charge in [0.25, 0.3) is 0 Å². The van der Waals surface area contributed by atoms with Gasteiger partial charge >= 0.3 is 12.4 Å². The Labute approximate surface area is 91.5 Å². The first kappa shape index (κ1) is 13.3. The van der Waals surface area contributed by atoms with Gasteiger partial charge < -0.3 is 0 Å². The molecule has 0 aliphatic heterocycles. The predicted molar refractivity (Wildman–Crippen MR) is 43.6 cm³/mol. The summed E-state index contributed by atoms with van der Waals surface area (Å²) in [5, 5.41) is 8.26. The van der Waals surface area contributed by atoms with Crippen LogP contribution in [0, 0.1) is 11.3 Å². The second-order valence-electron chi connectivity index (χ2n) is 3.05. The predicted octanol–water partition coefficient (Wildman–Crippen LogP) is 3.19. The van der Waals surface area contributed by atoms with E-state index in [-0.39, 0.29) is 12.3 Å². The third-order valence-electron chi connectivity index (χ3n) is 1.85. The van der Waals surface area contributed by atoms with Crippen molar-refractivity contribution < 1.29 is 26.3 Å². The van der Waals surface area contributed by atoms with Gasteiger partial charge in [-0.05, 0) is 6.07 Å². The molecule has 0 unspecified atom stereocenters. The van der Waals surface area contributed by atoms with Crippen LogP contribution in [0.4, 0.5) is 26.3 Å². The monoisotopic (exact) mass is 254 g/mol. The minimum atomic E-state index is -4.97. The van der Waals surface area contributed by atoms with Gasteiger partial charge in [-0.1, -0.05) is 0 Å². The molecule has 1 rings (SSSR count). The van der Waals surface area contributed by atoms with Crippen molar-refractivity contribution in [2.45, 2.75) is 18.8 Å². The summed E-state index contributed by atoms with van der Waals surface area (Å²) in [6, 6.07) is 1.37. The van der Waals surface area contributed by atoms with Crippen LogP contribution in [0.2, 0.25) is 0 Å². The van der Waals surface area contributed by atoms with Gasteiger partial charge in [0.2, 0.25) is 0 Å². The lowest BCUT2D eigenvalue weighted by molar-refractivity contribution is -0.143. The van der Waals surface area contributed by atoms with Gasteiger partial charge in [-0.25, -0.2) is 0 Å². The minimum Gasteiger partial charge on any atom is -0.259 e. The Morgan fingerprint density at radius 2 is 1.71 bits per heavy atom. The normalized spacial score (nSPS) is 12.3. The van der Waals surface area contributed by atoms with Crippen LogP contribution >= 0.6 is 0 Å². The number of hydrogen-bond donors (Lipinski definition) is 0. The zero-order chi connectivity index (χ0) is 13.3. The highest BCUT2D eigenvalue weighted by Gasteiger charge is 2.38. The van der Waals surface area contributed by atoms with Crippen molar-refractivity contribution in [2.75, 3.05) is 0 Å². The van der Waals surface area contributed by atoms with Gasteiger partial charge in [-0.2, -0.15) is 31.6 Å². The molecule has 1 heterocycles. The fourth-order valence-corrected chi connectivity index (χ4v) is 1.11. The molecule has 92 valence electrons. The molecule has 0 atom stereocenters. The summed E-state index contributed by atoms with van der Waals surface area (Å²) >= 11 is 0. The van der Waals surface area contributed by atoms with Crippen LogP contribution < -0.4 is 0 Å². The first-order chi connectivity index (χ1) is 7.66. The second-order valence-corrected chi connectivity index (χ2v) is 3.05. The highest BCUT2D eigenvalue weighted by molar-refractivity contribution is 5.31. The molecule has 0 spiro atoms. The smallest absolute Gasteiger partial charge is 0.259 e. The van der Waals surface area contributed by atoms with E-state index in [1.165, 1.54) is 6.07 Å². The molecular formula is C9H4F6N2. The molecule has 0 saturated carbocycles. The first-order valence-electron chi connectivity index (χ1n) is 4.16. The van der Waals surface area contributed by atoms with E-state index < -0.39 is 35.6 Å². The molecule has 0 saturated heterocycles. The van der Waals surface area contributed by atoms with Gasteiger partial charge in [0.15, 0.2) is 0 Å². The van der Waals surface area contributed by atoms with E-state index in [1.54, 1.807) is 0 Å². The van der Waals surface area contributed by atoms with Crippen LogP contribution in [0.3, 0.4) is 0 Å². The van der Waals surface area contributed by atoms with E-state index in [9.17, 15) is 26.3 Å². The maximum Gasteiger partial charge on any atom is 0.418 e. The summed E-state index contributed by atoms with van der Waals surface area (Å²) in [5.74, 6) is 0. The third-order valence-corrected chi connectivity index (χ3v) is 1.85. The molecule has 0 aliphatic rings. The molecule has 0 N–H and O–H groups in total. The number of alkyl halides is 6. The summed E-state index contributed by atoms with van der Waals surface area (Å²) in [6.07, 6.45) is -10.3. The van der Waals surface area contributed by atoms with Crippen LogP contribution in [0.25, 0.3) is 0 Å². The molecule has 2 nitrogen and oxygen atoms in total. The fraction of sp³-hybridized carbons (Fsp3) is 0.333. The van der Waals surface area contributed by atoms with E-state index in [0.29, 0.717) is 0 Å². The SMILES string of the molecule is N#CCc1ncc(C(F)(F)F)cc1C(F)(F)F. The molecule has 0 aliphatic carbocycles. The average Bonchev–Trinajstić information content (AvgIpc) is 2.15. The maximum atomic E-state index is 12.4. The molecule has 0 amide bonds. The average molecular weight is 254 g/mol. The number of nitrogens with zero attached hydrogens (tertiary/aromatic N) is 2. The summed E-state index contributed by atoms with van der Waals surface area (Å²) < 4.78 is 73.9. The molecule has 0 radical (unpaired) electrons. The van der Waals surface area contributed by atoms with Gasteiger partial charge in [-0.3, -0.25) is 4.98 Å². The summed E-state index contributed by atoms with van der Waals surface area (Å²) in [4.78, 5) is 3.04. The molecule has 1 aromatic rings. The number of pyridine rings is 1. The summed E-state index contributed by atoms with van der Waals surface area (Å²) in [5.41, 5.74) is -3.74. The lowest BCUT2D eigenvalue weighted by Gasteiger charge is -2.13. The first-order valence-corrected chi connectivity index (χ1v) is 4.16. The lowest BCUT2D eigenvalue weighted by Crippen LogP contribution is -2.14. The van der Waals surface area contributed by atoms with Crippen LogP contribution in [-0.2, 0) is 18.8 Å². The van der Waals surface area contributed by atoms with Crippen molar-refractivity contribution >= 4 is 0 Å². The van der Waals surface area contributed by atoms with Crippen molar-refractivity contribution in [3.05, 3.63) is 29.1 Å². The third kappa shape index (κ3) is 3.09. The molecule has 0 aromatic carbocycles. The molecule has 0 bridgehead atoms. The molecule has 1 aromatic heterocycles. The molecule has 0 fully saturated rings. The zero-order valence-corrected chi connectivity index (χ0v) is 8.02. The molecule has 8 heteroatoms. The highest BCUT2D eigenvalue weighted by Crippen LogP contribution is 2.36. The maximum absolute atomic E-state index is 12.4. The van der Waals surface area contributed by atoms with E-state index in [0.717, 1.165) is 0 Å². The summed E-state index contributed by atoms with van der Waals surface area (Å²) in [6.45, 7) is 0. The number of hydrogen-bond acceptors (Lipinski definition) is 2. The highest BCUT2D eigenvalue weighted by atomic mass is 19.4. The Kier molecular flexibility index (Phi) is 3.31. The minimum absolute atomic E-state index is 0.0420. The fourth-order valence-electron chi connectivity index (χ4n) is 1.11. The van der Waals surface area contributed by atoms with Crippen LogP contribution in [0.5, 0.6) is 0 Å². The Hall–Kier alpha value is -1.78. The quantitative estimate of drug-likeness (QED) is 0.721. The van der Waals surface area contributed by atoms with Crippen molar-refractivity contribution in [3.63, 3.8) is 0 Å². The van der Waals surface area contributed by atoms with E-state index in [2.05, 4.69) is 4.98 Å². The Morgan fingerprint density at radius 3 is 2.12 bits per heavy atom. The Morgan fingerprint density at radius 1 is 1.12 bits per heavy atom. The number of aromatic nitrogens is 1. The van der Waals surface area contributed by atoms with Gasteiger partial charge in [-0.15, -0.1) is 0 Å². The van der Waals surface area contributed by atoms with Crippen molar-refractivity contribution in [3.8, 4) is 6.07 Å². The molecule has 17 heavy (non-hydrogen) atoms. The van der Waals surface area contributed by atoms with Crippen LogP contribution in [0.1, 0.15) is 16.8 Å². The van der Waals surface area contributed by atoms with Gasteiger partial charge in [0.05, 0.1) is 29.3 Å². The van der Waals surface area contributed by atoms with Crippen LogP contribution in [-0.4, -0.2) is 4.98 Å². The Balaban J connectivity index is 3.36. The van der Waals surface area contributed by atoms with Crippen molar-refractivity contribution in [2.24, 2.45) is 0 Å². The standard InChI is InChI=1S/C9H4F6N2/c10-8(11,12)5-3-6(9(13,14)15)7(1-2-16)17-4-5/h3-4H,1H2. The number of rotatable bonds is 1. The van der Waals surface area contributed by atoms with E-state index >= 15 is 0 Å². The number of halogens is 6. The van der Waals surface area contributed by atoms with Crippen molar-refractivity contribution in [1.29, 1.82) is 5.26 Å². The topological polar surface area (TPSA) is 36.7 Å². The van der Waals surface area contributed by atoms with E-state index in [4.69, 9.17) is 5.26 Å². The Bertz CT molecular complexity index is 454. The summed E-state index contributed by atoms with van der Waals surface area (Å²) in [7, 11) is 0. The van der Waals surface area contributed by atoms with Crippen LogP contribution in [0.15, 0.2) is 12.3 Å². The number of nitriles is 1. The van der Waals surface area contributed by atoms with E-state index in [1.807, 2.05) is 0 Å².